The van der Waals surface area contributed by atoms with Crippen molar-refractivity contribution in [3.63, 3.8) is 0 Å². The summed E-state index contributed by atoms with van der Waals surface area (Å²) in [5.74, 6) is 1.88. The zero-order valence-electron chi connectivity index (χ0n) is 13.2. The molecular weight excluding hydrogens is 270 g/mol. The molecule has 1 unspecified atom stereocenters. The highest BCUT2D eigenvalue weighted by atomic mass is 15.1. The molecule has 3 nitrogen and oxygen atoms in total. The predicted octanol–water partition coefficient (Wildman–Crippen LogP) is 3.30. The lowest BCUT2D eigenvalue weighted by Crippen LogP contribution is -2.34. The van der Waals surface area contributed by atoms with Crippen LogP contribution in [0.4, 0.5) is 0 Å². The normalized spacial score (nSPS) is 21.9. The van der Waals surface area contributed by atoms with E-state index in [1.165, 1.54) is 44.3 Å². The van der Waals surface area contributed by atoms with E-state index in [9.17, 15) is 0 Å². The summed E-state index contributed by atoms with van der Waals surface area (Å²) in [7, 11) is 0. The smallest absolute Gasteiger partial charge is 0.113 e. The van der Waals surface area contributed by atoms with Gasteiger partial charge in [0.1, 0.15) is 5.82 Å². The number of aromatic nitrogens is 2. The van der Waals surface area contributed by atoms with Crippen LogP contribution in [-0.2, 0) is 19.4 Å². The van der Waals surface area contributed by atoms with Crippen LogP contribution in [0.15, 0.2) is 36.7 Å². The molecule has 1 aromatic heterocycles. The van der Waals surface area contributed by atoms with Crippen LogP contribution in [0.3, 0.4) is 0 Å². The molecule has 1 aliphatic heterocycles. The van der Waals surface area contributed by atoms with Crippen molar-refractivity contribution in [2.45, 2.75) is 57.0 Å². The van der Waals surface area contributed by atoms with Gasteiger partial charge in [-0.1, -0.05) is 24.3 Å². The van der Waals surface area contributed by atoms with Crippen LogP contribution in [0.1, 0.15) is 48.6 Å². The second-order valence-electron chi connectivity index (χ2n) is 6.77. The summed E-state index contributed by atoms with van der Waals surface area (Å²) >= 11 is 0. The van der Waals surface area contributed by atoms with Crippen molar-refractivity contribution in [3.8, 4) is 0 Å². The van der Waals surface area contributed by atoms with Crippen molar-refractivity contribution in [2.75, 3.05) is 6.54 Å². The summed E-state index contributed by atoms with van der Waals surface area (Å²) < 4.78 is 2.33. The van der Waals surface area contributed by atoms with Gasteiger partial charge in [0, 0.05) is 37.4 Å². The summed E-state index contributed by atoms with van der Waals surface area (Å²) in [5.41, 5.74) is 3.11. The lowest BCUT2D eigenvalue weighted by Gasteiger charge is -2.26. The summed E-state index contributed by atoms with van der Waals surface area (Å²) in [6.45, 7) is 2.22. The van der Waals surface area contributed by atoms with E-state index in [2.05, 4.69) is 45.3 Å². The van der Waals surface area contributed by atoms with Crippen LogP contribution in [0, 0.1) is 0 Å². The first-order valence-electron chi connectivity index (χ1n) is 8.71. The summed E-state index contributed by atoms with van der Waals surface area (Å²) in [6.07, 6.45) is 11.6. The van der Waals surface area contributed by atoms with E-state index in [4.69, 9.17) is 0 Å². The Bertz CT molecular complexity index is 604. The number of fused-ring (bicyclic) bond motifs is 2. The van der Waals surface area contributed by atoms with Crippen molar-refractivity contribution in [1.82, 2.24) is 14.9 Å². The van der Waals surface area contributed by atoms with Gasteiger partial charge in [-0.05, 0) is 49.7 Å². The lowest BCUT2D eigenvalue weighted by atomic mass is 9.98. The van der Waals surface area contributed by atoms with Gasteiger partial charge in [0.05, 0.1) is 0 Å². The third-order valence-corrected chi connectivity index (χ3v) is 5.36. The summed E-state index contributed by atoms with van der Waals surface area (Å²) in [5, 5.41) is 3.84. The maximum absolute atomic E-state index is 4.58. The number of hydrogen-bond donors (Lipinski definition) is 1. The van der Waals surface area contributed by atoms with Gasteiger partial charge in [-0.2, -0.15) is 0 Å². The molecule has 0 bridgehead atoms. The van der Waals surface area contributed by atoms with Crippen LogP contribution in [0.2, 0.25) is 0 Å². The number of nitrogens with one attached hydrogen (secondary N) is 1. The molecule has 0 saturated heterocycles. The molecule has 2 aliphatic rings. The van der Waals surface area contributed by atoms with Crippen molar-refractivity contribution in [3.05, 3.63) is 53.6 Å². The van der Waals surface area contributed by atoms with Gasteiger partial charge in [0.15, 0.2) is 0 Å². The quantitative estimate of drug-likeness (QED) is 0.881. The molecule has 2 aromatic rings. The van der Waals surface area contributed by atoms with Crippen molar-refractivity contribution < 1.29 is 0 Å². The van der Waals surface area contributed by atoms with Crippen LogP contribution < -0.4 is 5.32 Å². The topological polar surface area (TPSA) is 29.9 Å². The van der Waals surface area contributed by atoms with Crippen LogP contribution in [0.5, 0.6) is 0 Å². The Hall–Kier alpha value is -1.61. The Morgan fingerprint density at radius 3 is 2.64 bits per heavy atom. The molecule has 22 heavy (non-hydrogen) atoms. The Morgan fingerprint density at radius 2 is 1.86 bits per heavy atom. The Balaban J connectivity index is 1.36. The first-order valence-corrected chi connectivity index (χ1v) is 8.71. The van der Waals surface area contributed by atoms with Crippen LogP contribution in [-0.4, -0.2) is 22.1 Å². The highest BCUT2D eigenvalue weighted by Crippen LogP contribution is 2.26. The molecular formula is C19H25N3. The van der Waals surface area contributed by atoms with Gasteiger partial charge >= 0.3 is 0 Å². The van der Waals surface area contributed by atoms with Gasteiger partial charge in [-0.3, -0.25) is 0 Å². The second kappa shape index (κ2) is 6.25. The third kappa shape index (κ3) is 2.82. The molecule has 1 aliphatic carbocycles. The third-order valence-electron chi connectivity index (χ3n) is 5.36. The van der Waals surface area contributed by atoms with E-state index in [-0.39, 0.29) is 0 Å². The maximum Gasteiger partial charge on any atom is 0.113 e. The van der Waals surface area contributed by atoms with E-state index in [0.29, 0.717) is 12.0 Å². The van der Waals surface area contributed by atoms with Crippen LogP contribution >= 0.6 is 0 Å². The number of benzene rings is 1. The number of imidazole rings is 1. The minimum Gasteiger partial charge on any atom is -0.335 e. The summed E-state index contributed by atoms with van der Waals surface area (Å²) in [4.78, 5) is 4.58. The number of aryl methyl sites for hydroxylation is 3. The molecule has 0 spiro atoms. The second-order valence-corrected chi connectivity index (χ2v) is 6.77. The standard InChI is InChI=1S/C19H25N3/c1-2-5-16-8-10-18(9-7-15(16)4-1)21-14-17-6-3-12-22-13-11-20-19(17)22/h1-2,4-5,11,13,17-18,21H,3,6-10,12,14H2. The van der Waals surface area contributed by atoms with Crippen molar-refractivity contribution >= 4 is 0 Å². The average molecular weight is 295 g/mol. The van der Waals surface area contributed by atoms with Gasteiger partial charge in [0.2, 0.25) is 0 Å². The number of nitrogens with zero attached hydrogens (tertiary/aromatic N) is 2. The van der Waals surface area contributed by atoms with Gasteiger partial charge in [-0.15, -0.1) is 0 Å². The first kappa shape index (κ1) is 14.0. The molecule has 1 aromatic carbocycles. The summed E-state index contributed by atoms with van der Waals surface area (Å²) in [6, 6.07) is 9.60. The number of hydrogen-bond acceptors (Lipinski definition) is 2. The Labute approximate surface area is 132 Å². The average Bonchev–Trinajstić information content (AvgIpc) is 2.95. The van der Waals surface area contributed by atoms with Crippen molar-refractivity contribution in [2.24, 2.45) is 0 Å². The largest absolute Gasteiger partial charge is 0.335 e. The monoisotopic (exact) mass is 295 g/mol. The Kier molecular flexibility index (Phi) is 3.98. The highest BCUT2D eigenvalue weighted by Gasteiger charge is 2.23. The molecule has 3 heteroatoms. The van der Waals surface area contributed by atoms with Gasteiger partial charge in [0.25, 0.3) is 0 Å². The van der Waals surface area contributed by atoms with Crippen LogP contribution in [0.25, 0.3) is 0 Å². The highest BCUT2D eigenvalue weighted by molar-refractivity contribution is 5.28. The van der Waals surface area contributed by atoms with E-state index in [1.54, 1.807) is 11.1 Å². The van der Waals surface area contributed by atoms with E-state index in [1.807, 2.05) is 6.20 Å². The molecule has 1 atom stereocenters. The predicted molar refractivity (Wildman–Crippen MR) is 89.1 cm³/mol. The SMILES string of the molecule is c1ccc2c(c1)CCC(NCC1CCCn3ccnc31)CC2. The zero-order valence-corrected chi connectivity index (χ0v) is 13.2. The molecule has 0 radical (unpaired) electrons. The molecule has 116 valence electrons. The zero-order chi connectivity index (χ0) is 14.8. The van der Waals surface area contributed by atoms with E-state index < -0.39 is 0 Å². The fourth-order valence-corrected chi connectivity index (χ4v) is 4.06. The molecule has 4 rings (SSSR count). The number of rotatable bonds is 3. The van der Waals surface area contributed by atoms with E-state index in [0.717, 1.165) is 13.1 Å². The van der Waals surface area contributed by atoms with Crippen molar-refractivity contribution in [1.29, 1.82) is 0 Å². The first-order chi connectivity index (χ1) is 10.9. The van der Waals surface area contributed by atoms with Gasteiger partial charge < -0.3 is 9.88 Å². The minimum atomic E-state index is 0.592. The Morgan fingerprint density at radius 1 is 1.09 bits per heavy atom. The minimum absolute atomic E-state index is 0.592. The maximum atomic E-state index is 4.58. The van der Waals surface area contributed by atoms with E-state index >= 15 is 0 Å². The molecule has 2 heterocycles. The molecule has 0 saturated carbocycles. The molecule has 0 fully saturated rings. The lowest BCUT2D eigenvalue weighted by molar-refractivity contribution is 0.385. The molecule has 1 N–H and O–H groups in total. The fraction of sp³-hybridized carbons (Fsp3) is 0.526. The molecule has 0 amide bonds. The fourth-order valence-electron chi connectivity index (χ4n) is 4.06. The van der Waals surface area contributed by atoms with Gasteiger partial charge in [-0.25, -0.2) is 4.98 Å².